The molecule has 0 spiro atoms. The summed E-state index contributed by atoms with van der Waals surface area (Å²) in [7, 11) is 3.24. The van der Waals surface area contributed by atoms with Crippen molar-refractivity contribution in [3.05, 3.63) is 58.1 Å². The number of H-pyrrole nitrogens is 1. The summed E-state index contributed by atoms with van der Waals surface area (Å²) in [6.45, 7) is 2.75. The molecule has 2 aliphatic heterocycles. The molecule has 11 nitrogen and oxygen atoms in total. The summed E-state index contributed by atoms with van der Waals surface area (Å²) in [5.41, 5.74) is 2.08. The van der Waals surface area contributed by atoms with Crippen LogP contribution in [0.15, 0.2) is 35.5 Å². The number of aromatic amines is 1. The van der Waals surface area contributed by atoms with Crippen molar-refractivity contribution in [3.8, 4) is 11.1 Å². The van der Waals surface area contributed by atoms with Gasteiger partial charge in [0.2, 0.25) is 5.43 Å². The fourth-order valence-corrected chi connectivity index (χ4v) is 6.96. The molecule has 0 radical (unpaired) electrons. The Bertz CT molecular complexity index is 2020. The number of aliphatic hydroxyl groups is 1. The minimum Gasteiger partial charge on any atom is -0.477 e. The highest BCUT2D eigenvalue weighted by Gasteiger charge is 2.43. The van der Waals surface area contributed by atoms with Crippen LogP contribution in [0.2, 0.25) is 0 Å². The number of likely N-dealkylation sites (tertiary alicyclic amines) is 1. The number of carboxylic acid groups (broad SMARTS) is 1. The molecule has 222 valence electrons. The average molecular weight is 590 g/mol. The van der Waals surface area contributed by atoms with E-state index in [1.54, 1.807) is 32.6 Å². The van der Waals surface area contributed by atoms with Crippen LogP contribution >= 0.6 is 0 Å². The molecule has 5 aromatic rings. The van der Waals surface area contributed by atoms with Crippen molar-refractivity contribution in [1.29, 1.82) is 0 Å². The van der Waals surface area contributed by atoms with E-state index in [2.05, 4.69) is 30.1 Å². The number of β-amino-alcohol motifs (C(OH)–C–C–N with tert-alkyl or cyclic N) is 1. The molecule has 0 saturated carbocycles. The van der Waals surface area contributed by atoms with Gasteiger partial charge in [0.25, 0.3) is 0 Å². The van der Waals surface area contributed by atoms with Crippen molar-refractivity contribution in [2.75, 3.05) is 50.1 Å². The third kappa shape index (κ3) is 4.06. The number of aliphatic hydroxyl groups excluding tert-OH is 1. The summed E-state index contributed by atoms with van der Waals surface area (Å²) in [5.74, 6) is -3.03. The minimum absolute atomic E-state index is 0.0416. The number of aryl methyl sites for hydroxylation is 1. The van der Waals surface area contributed by atoms with Crippen molar-refractivity contribution >= 4 is 50.3 Å². The Hall–Kier alpha value is -4.62. The lowest BCUT2D eigenvalue weighted by molar-refractivity contribution is 0.0695. The minimum atomic E-state index is -1.34. The lowest BCUT2D eigenvalue weighted by atomic mass is 9.99. The van der Waals surface area contributed by atoms with Crippen molar-refractivity contribution in [2.45, 2.75) is 12.5 Å². The maximum Gasteiger partial charge on any atom is 0.341 e. The molecular weight excluding hydrogens is 560 g/mol. The van der Waals surface area contributed by atoms with Gasteiger partial charge >= 0.3 is 5.97 Å². The Kier molecular flexibility index (Phi) is 6.32. The quantitative estimate of drug-likeness (QED) is 0.235. The summed E-state index contributed by atoms with van der Waals surface area (Å²) in [6, 6.07) is 2.74. The summed E-state index contributed by atoms with van der Waals surface area (Å²) in [6.07, 6.45) is 5.32. The van der Waals surface area contributed by atoms with Gasteiger partial charge in [0.1, 0.15) is 16.9 Å². The molecule has 4 aromatic heterocycles. The van der Waals surface area contributed by atoms with Gasteiger partial charge < -0.3 is 30.0 Å². The van der Waals surface area contributed by atoms with Gasteiger partial charge in [-0.25, -0.2) is 23.5 Å². The van der Waals surface area contributed by atoms with E-state index in [9.17, 15) is 24.2 Å². The normalized spacial score (nSPS) is 18.8. The molecule has 2 fully saturated rings. The Morgan fingerprint density at radius 3 is 2.74 bits per heavy atom. The summed E-state index contributed by atoms with van der Waals surface area (Å²) < 4.78 is 32.2. The number of benzene rings is 1. The molecule has 2 unspecified atom stereocenters. The summed E-state index contributed by atoms with van der Waals surface area (Å²) in [4.78, 5) is 41.7. The largest absolute Gasteiger partial charge is 0.477 e. The van der Waals surface area contributed by atoms with E-state index in [1.165, 1.54) is 10.8 Å². The smallest absolute Gasteiger partial charge is 0.341 e. The van der Waals surface area contributed by atoms with Gasteiger partial charge in [0.05, 0.1) is 39.7 Å². The number of carbonyl (C=O) groups is 1. The van der Waals surface area contributed by atoms with Crippen molar-refractivity contribution in [1.82, 2.24) is 24.4 Å². The average Bonchev–Trinajstić information content (AvgIpc) is 3.69. The van der Waals surface area contributed by atoms with Crippen molar-refractivity contribution in [3.63, 3.8) is 0 Å². The molecule has 2 saturated heterocycles. The van der Waals surface area contributed by atoms with E-state index in [0.29, 0.717) is 70.3 Å². The van der Waals surface area contributed by atoms with E-state index >= 15 is 4.39 Å². The summed E-state index contributed by atoms with van der Waals surface area (Å²) in [5, 5.41) is 22.7. The molecule has 0 bridgehead atoms. The molecular formula is C30H29F2N7O4. The topological polar surface area (TPSA) is 140 Å². The number of hydrogen-bond acceptors (Lipinski definition) is 8. The van der Waals surface area contributed by atoms with Gasteiger partial charge in [-0.2, -0.15) is 0 Å². The number of anilines is 2. The highest BCUT2D eigenvalue weighted by molar-refractivity contribution is 6.18. The van der Waals surface area contributed by atoms with Crippen LogP contribution in [0.4, 0.5) is 20.2 Å². The number of nitrogens with one attached hydrogen (secondary N) is 2. The number of nitrogens with zero attached hydrogens (tertiary/aromatic N) is 5. The van der Waals surface area contributed by atoms with Crippen molar-refractivity contribution < 1.29 is 23.8 Å². The third-order valence-electron chi connectivity index (χ3n) is 8.91. The highest BCUT2D eigenvalue weighted by Crippen LogP contribution is 2.47. The van der Waals surface area contributed by atoms with Gasteiger partial charge in [-0.05, 0) is 18.4 Å². The van der Waals surface area contributed by atoms with Crippen LogP contribution in [0.3, 0.4) is 0 Å². The predicted octanol–water partition coefficient (Wildman–Crippen LogP) is 3.15. The van der Waals surface area contributed by atoms with Gasteiger partial charge in [-0.15, -0.1) is 0 Å². The predicted molar refractivity (Wildman–Crippen MR) is 159 cm³/mol. The number of carboxylic acids is 1. The maximum atomic E-state index is 15.7. The van der Waals surface area contributed by atoms with Crippen LogP contribution in [-0.2, 0) is 7.05 Å². The number of rotatable bonds is 6. The molecule has 2 atom stereocenters. The first-order valence-corrected chi connectivity index (χ1v) is 14.0. The maximum absolute atomic E-state index is 15.7. The fourth-order valence-electron chi connectivity index (χ4n) is 6.96. The first-order chi connectivity index (χ1) is 20.7. The Balaban J connectivity index is 1.54. The lowest BCUT2D eigenvalue weighted by Gasteiger charge is -2.30. The Labute approximate surface area is 243 Å². The van der Waals surface area contributed by atoms with Gasteiger partial charge in [-0.3, -0.25) is 9.69 Å². The SMILES string of the molecule is CNc1cc(F)c(F)c2c1[nH]c1ncc(-c3cnc4c(c3)c(=O)c(C(=O)O)cn4C)c(N3CCC4CN(CCO)CC43)c12. The monoisotopic (exact) mass is 589 g/mol. The number of aromatic carboxylic acids is 1. The van der Waals surface area contributed by atoms with Crippen molar-refractivity contribution in [2.24, 2.45) is 13.0 Å². The van der Waals surface area contributed by atoms with Crippen LogP contribution in [0.1, 0.15) is 16.8 Å². The zero-order chi connectivity index (χ0) is 30.2. The summed E-state index contributed by atoms with van der Waals surface area (Å²) >= 11 is 0. The number of fused-ring (bicyclic) bond motifs is 5. The van der Waals surface area contributed by atoms with Gasteiger partial charge in [0, 0.05) is 82.1 Å². The third-order valence-corrected chi connectivity index (χ3v) is 8.91. The molecule has 7 rings (SSSR count). The molecule has 13 heteroatoms. The van der Waals surface area contributed by atoms with Crippen LogP contribution in [0.25, 0.3) is 44.1 Å². The number of halogens is 2. The fraction of sp³-hybridized carbons (Fsp3) is 0.333. The van der Waals surface area contributed by atoms with Gasteiger partial charge in [-0.1, -0.05) is 0 Å². The van der Waals surface area contributed by atoms with E-state index in [-0.39, 0.29) is 29.0 Å². The van der Waals surface area contributed by atoms with Crippen LogP contribution < -0.4 is 15.6 Å². The first kappa shape index (κ1) is 27.2. The number of pyridine rings is 3. The Morgan fingerprint density at radius 2 is 2.00 bits per heavy atom. The first-order valence-electron chi connectivity index (χ1n) is 14.0. The highest BCUT2D eigenvalue weighted by atomic mass is 19.2. The standard InChI is InChI=1S/C30H29F2N7O4/c1-33-20-8-19(31)24(32)22-23-26(39-4-3-14-11-38(5-6-40)13-21(14)39)17(10-34-28(23)36-25(20)22)15-7-16-27(41)18(30(42)43)12-37(2)29(16)35-9-15/h7-10,12,14,21,33,40H,3-6,11,13H2,1-2H3,(H,34,36)(H,42,43). The zero-order valence-corrected chi connectivity index (χ0v) is 23.5. The van der Waals surface area contributed by atoms with E-state index in [1.807, 2.05) is 0 Å². The molecule has 1 aromatic carbocycles. The zero-order valence-electron chi connectivity index (χ0n) is 23.5. The van der Waals surface area contributed by atoms with Crippen LogP contribution in [-0.4, -0.2) is 86.5 Å². The molecule has 0 amide bonds. The van der Waals surface area contributed by atoms with Gasteiger partial charge in [0.15, 0.2) is 11.6 Å². The second kappa shape index (κ2) is 9.99. The van der Waals surface area contributed by atoms with E-state index in [4.69, 9.17) is 0 Å². The van der Waals surface area contributed by atoms with E-state index < -0.39 is 23.0 Å². The van der Waals surface area contributed by atoms with Crippen LogP contribution in [0.5, 0.6) is 0 Å². The van der Waals surface area contributed by atoms with Crippen LogP contribution in [0, 0.1) is 17.6 Å². The second-order valence-electron chi connectivity index (χ2n) is 11.3. The molecule has 2 aliphatic rings. The van der Waals surface area contributed by atoms with E-state index in [0.717, 1.165) is 19.0 Å². The molecule has 4 N–H and O–H groups in total. The lowest BCUT2D eigenvalue weighted by Crippen LogP contribution is -2.36. The molecule has 43 heavy (non-hydrogen) atoms. The number of aromatic nitrogens is 4. The number of hydrogen-bond donors (Lipinski definition) is 4. The molecule has 6 heterocycles. The second-order valence-corrected chi connectivity index (χ2v) is 11.3. The Morgan fingerprint density at radius 1 is 1.19 bits per heavy atom. The molecule has 0 aliphatic carbocycles.